The van der Waals surface area contributed by atoms with E-state index in [4.69, 9.17) is 14.5 Å². The number of amides is 1. The summed E-state index contributed by atoms with van der Waals surface area (Å²) in [6, 6.07) is 26.1. The summed E-state index contributed by atoms with van der Waals surface area (Å²) < 4.78 is 13.5. The molecular formula is C29H32N4O3. The molecule has 7 nitrogen and oxygen atoms in total. The Morgan fingerprint density at radius 3 is 2.61 bits per heavy atom. The van der Waals surface area contributed by atoms with Crippen LogP contribution in [0.25, 0.3) is 11.0 Å². The third-order valence-electron chi connectivity index (χ3n) is 6.55. The van der Waals surface area contributed by atoms with E-state index in [-0.39, 0.29) is 25.1 Å². The molecule has 2 heterocycles. The fourth-order valence-electron chi connectivity index (χ4n) is 4.71. The number of ether oxygens (including phenoxy) is 2. The predicted octanol–water partition coefficient (Wildman–Crippen LogP) is 4.11. The quantitative estimate of drug-likeness (QED) is 0.387. The zero-order valence-corrected chi connectivity index (χ0v) is 20.6. The molecular weight excluding hydrogens is 452 g/mol. The number of benzene rings is 3. The molecule has 3 aromatic carbocycles. The number of carbonyl (C=O) groups is 1. The second kappa shape index (κ2) is 11.4. The highest BCUT2D eigenvalue weighted by molar-refractivity contribution is 5.81. The number of imidazole rings is 1. The van der Waals surface area contributed by atoms with Crippen molar-refractivity contribution in [2.45, 2.75) is 26.1 Å². The van der Waals surface area contributed by atoms with Crippen molar-refractivity contribution in [1.82, 2.24) is 19.8 Å². The summed E-state index contributed by atoms with van der Waals surface area (Å²) in [6.07, 6.45) is 0. The summed E-state index contributed by atoms with van der Waals surface area (Å²) >= 11 is 0. The highest BCUT2D eigenvalue weighted by Gasteiger charge is 2.24. The van der Waals surface area contributed by atoms with Gasteiger partial charge in [0.2, 0.25) is 5.91 Å². The number of para-hydroxylation sites is 3. The maximum absolute atomic E-state index is 13.2. The zero-order chi connectivity index (χ0) is 24.7. The summed E-state index contributed by atoms with van der Waals surface area (Å²) in [7, 11) is 0. The first-order chi connectivity index (χ1) is 17.7. The molecule has 7 heteroatoms. The van der Waals surface area contributed by atoms with E-state index < -0.39 is 0 Å². The van der Waals surface area contributed by atoms with Crippen LogP contribution in [0.5, 0.6) is 5.75 Å². The van der Waals surface area contributed by atoms with Gasteiger partial charge in [-0.25, -0.2) is 4.98 Å². The number of hydrogen-bond donors (Lipinski definition) is 1. The Morgan fingerprint density at radius 1 is 1.03 bits per heavy atom. The maximum Gasteiger partial charge on any atom is 0.240 e. The van der Waals surface area contributed by atoms with Crippen molar-refractivity contribution in [2.24, 2.45) is 0 Å². The summed E-state index contributed by atoms with van der Waals surface area (Å²) in [4.78, 5) is 20.4. The van der Waals surface area contributed by atoms with Crippen LogP contribution in [0.1, 0.15) is 23.0 Å². The first kappa shape index (κ1) is 24.0. The molecule has 1 unspecified atom stereocenters. The number of nitrogens with one attached hydrogen (secondary N) is 1. The van der Waals surface area contributed by atoms with Gasteiger partial charge in [-0.15, -0.1) is 0 Å². The number of morpholine rings is 1. The van der Waals surface area contributed by atoms with Crippen molar-refractivity contribution in [2.75, 3.05) is 32.8 Å². The molecule has 1 aliphatic heterocycles. The number of rotatable bonds is 9. The van der Waals surface area contributed by atoms with Crippen molar-refractivity contribution in [3.8, 4) is 5.75 Å². The minimum atomic E-state index is -0.0509. The van der Waals surface area contributed by atoms with Gasteiger partial charge in [-0.1, -0.05) is 60.2 Å². The van der Waals surface area contributed by atoms with Gasteiger partial charge in [-0.2, -0.15) is 0 Å². The second-order valence-corrected chi connectivity index (χ2v) is 9.09. The maximum atomic E-state index is 13.2. The minimum Gasteiger partial charge on any atom is -0.486 e. The van der Waals surface area contributed by atoms with E-state index in [1.54, 1.807) is 0 Å². The van der Waals surface area contributed by atoms with Gasteiger partial charge in [0.1, 0.15) is 24.7 Å². The summed E-state index contributed by atoms with van der Waals surface area (Å²) in [5.41, 5.74) is 4.19. The second-order valence-electron chi connectivity index (χ2n) is 9.09. The average molecular weight is 485 g/mol. The third-order valence-corrected chi connectivity index (χ3v) is 6.55. The molecule has 0 saturated carbocycles. The highest BCUT2D eigenvalue weighted by Crippen LogP contribution is 2.23. The van der Waals surface area contributed by atoms with Crippen LogP contribution in [0.3, 0.4) is 0 Å². The lowest BCUT2D eigenvalue weighted by Gasteiger charge is -2.35. The van der Waals surface area contributed by atoms with Crippen LogP contribution in [-0.4, -0.2) is 53.2 Å². The van der Waals surface area contributed by atoms with Crippen LogP contribution in [0, 0.1) is 6.92 Å². The molecule has 1 aromatic heterocycles. The van der Waals surface area contributed by atoms with Crippen LogP contribution in [0.15, 0.2) is 78.9 Å². The molecule has 5 rings (SSSR count). The molecule has 1 fully saturated rings. The topological polar surface area (TPSA) is 68.6 Å². The molecule has 1 aliphatic rings. The van der Waals surface area contributed by atoms with Gasteiger partial charge in [0.05, 0.1) is 30.3 Å². The highest BCUT2D eigenvalue weighted by atomic mass is 16.5. The van der Waals surface area contributed by atoms with E-state index in [1.165, 1.54) is 11.1 Å². The molecule has 4 aromatic rings. The monoisotopic (exact) mass is 484 g/mol. The molecule has 186 valence electrons. The van der Waals surface area contributed by atoms with Gasteiger partial charge in [0.25, 0.3) is 0 Å². The Kier molecular flexibility index (Phi) is 7.59. The van der Waals surface area contributed by atoms with Crippen molar-refractivity contribution in [3.63, 3.8) is 0 Å². The number of aromatic nitrogens is 2. The van der Waals surface area contributed by atoms with E-state index >= 15 is 0 Å². The first-order valence-corrected chi connectivity index (χ1v) is 12.4. The van der Waals surface area contributed by atoms with Crippen molar-refractivity contribution in [1.29, 1.82) is 0 Å². The predicted molar refractivity (Wildman–Crippen MR) is 140 cm³/mol. The van der Waals surface area contributed by atoms with E-state index in [9.17, 15) is 4.79 Å². The summed E-state index contributed by atoms with van der Waals surface area (Å²) in [6.45, 7) is 6.21. The molecule has 0 spiro atoms. The van der Waals surface area contributed by atoms with Crippen molar-refractivity contribution < 1.29 is 14.3 Å². The molecule has 1 saturated heterocycles. The Bertz CT molecular complexity index is 1300. The van der Waals surface area contributed by atoms with Crippen molar-refractivity contribution in [3.05, 3.63) is 95.8 Å². The fourth-order valence-corrected chi connectivity index (χ4v) is 4.71. The number of carbonyl (C=O) groups excluding carboxylic acids is 1. The molecule has 1 atom stereocenters. The largest absolute Gasteiger partial charge is 0.486 e. The van der Waals surface area contributed by atoms with E-state index in [1.807, 2.05) is 59.2 Å². The van der Waals surface area contributed by atoms with E-state index in [0.717, 1.165) is 35.7 Å². The third kappa shape index (κ3) is 5.75. The van der Waals surface area contributed by atoms with Crippen LogP contribution >= 0.6 is 0 Å². The van der Waals surface area contributed by atoms with Gasteiger partial charge in [-0.3, -0.25) is 9.69 Å². The molecule has 0 radical (unpaired) electrons. The molecule has 36 heavy (non-hydrogen) atoms. The van der Waals surface area contributed by atoms with Crippen LogP contribution in [0.2, 0.25) is 0 Å². The minimum absolute atomic E-state index is 0.0509. The Hall–Kier alpha value is -3.68. The average Bonchev–Trinajstić information content (AvgIpc) is 3.26. The molecule has 1 N–H and O–H groups in total. The van der Waals surface area contributed by atoms with E-state index in [2.05, 4.69) is 41.4 Å². The van der Waals surface area contributed by atoms with Gasteiger partial charge < -0.3 is 19.4 Å². The molecule has 0 aliphatic carbocycles. The number of fused-ring (bicyclic) bond motifs is 1. The van der Waals surface area contributed by atoms with Gasteiger partial charge in [-0.05, 0) is 36.8 Å². The van der Waals surface area contributed by atoms with Crippen LogP contribution in [-0.2, 0) is 22.7 Å². The van der Waals surface area contributed by atoms with E-state index in [0.29, 0.717) is 19.8 Å². The van der Waals surface area contributed by atoms with Gasteiger partial charge in [0, 0.05) is 19.6 Å². The molecule has 0 bridgehead atoms. The SMILES string of the molecule is Cc1cccc(C(CNC(=O)Cn2c(COc3ccccc3)nc3ccccc32)N2CCOCC2)c1. The number of nitrogens with zero attached hydrogens (tertiary/aromatic N) is 3. The Morgan fingerprint density at radius 2 is 1.81 bits per heavy atom. The molecule has 1 amide bonds. The lowest BCUT2D eigenvalue weighted by atomic mass is 10.0. The summed E-state index contributed by atoms with van der Waals surface area (Å²) in [5.74, 6) is 1.44. The number of hydrogen-bond acceptors (Lipinski definition) is 5. The van der Waals surface area contributed by atoms with Gasteiger partial charge >= 0.3 is 0 Å². The van der Waals surface area contributed by atoms with Crippen LogP contribution < -0.4 is 10.1 Å². The van der Waals surface area contributed by atoms with Gasteiger partial charge in [0.15, 0.2) is 0 Å². The standard InChI is InChI=1S/C29H32N4O3/c1-22-8-7-9-23(18-22)27(32-14-16-35-17-15-32)19-30-29(34)20-33-26-13-6-5-12-25(26)31-28(33)21-36-24-10-3-2-4-11-24/h2-13,18,27H,14-17,19-21H2,1H3,(H,30,34). The number of aryl methyl sites for hydroxylation is 1. The fraction of sp³-hybridized carbons (Fsp3) is 0.310. The first-order valence-electron chi connectivity index (χ1n) is 12.4. The normalized spacial score (nSPS) is 15.0. The smallest absolute Gasteiger partial charge is 0.240 e. The zero-order valence-electron chi connectivity index (χ0n) is 20.6. The Balaban J connectivity index is 1.31. The summed E-state index contributed by atoms with van der Waals surface area (Å²) in [5, 5.41) is 3.19. The lowest BCUT2D eigenvalue weighted by Crippen LogP contribution is -2.44. The van der Waals surface area contributed by atoms with Crippen LogP contribution in [0.4, 0.5) is 0 Å². The lowest BCUT2D eigenvalue weighted by molar-refractivity contribution is -0.122. The van der Waals surface area contributed by atoms with Crippen molar-refractivity contribution >= 4 is 16.9 Å². The Labute approximate surface area is 211 Å².